The predicted octanol–water partition coefficient (Wildman–Crippen LogP) is 4.06. The topological polar surface area (TPSA) is 38.3 Å². The van der Waals surface area contributed by atoms with Crippen molar-refractivity contribution in [3.8, 4) is 0 Å². The van der Waals surface area contributed by atoms with Crippen LogP contribution < -0.4 is 5.48 Å². The Morgan fingerprint density at radius 2 is 1.74 bits per heavy atom. The zero-order valence-corrected chi connectivity index (χ0v) is 12.1. The molecule has 1 atom stereocenters. The van der Waals surface area contributed by atoms with Gasteiger partial charge in [0.05, 0.1) is 5.69 Å². The summed E-state index contributed by atoms with van der Waals surface area (Å²) in [5.74, 6) is -0.0507. The van der Waals surface area contributed by atoms with Crippen LogP contribution in [0.4, 0.5) is 5.69 Å². The van der Waals surface area contributed by atoms with Crippen molar-refractivity contribution in [1.29, 1.82) is 0 Å². The van der Waals surface area contributed by atoms with Gasteiger partial charge in [0.1, 0.15) is 6.10 Å². The third-order valence-corrected chi connectivity index (χ3v) is 3.15. The van der Waals surface area contributed by atoms with Crippen LogP contribution in [0.5, 0.6) is 0 Å². The third kappa shape index (κ3) is 3.91. The molecule has 2 aromatic carbocycles. The Bertz CT molecular complexity index is 540. The molecular formula is C15H14BrNO2. The average Bonchev–Trinajstić information content (AvgIpc) is 2.46. The highest BCUT2D eigenvalue weighted by molar-refractivity contribution is 9.10. The van der Waals surface area contributed by atoms with Crippen LogP contribution in [0.3, 0.4) is 0 Å². The summed E-state index contributed by atoms with van der Waals surface area (Å²) in [4.78, 5) is 17.4. The lowest BCUT2D eigenvalue weighted by Crippen LogP contribution is -2.23. The number of rotatable bonds is 5. The molecule has 0 bridgehead atoms. The van der Waals surface area contributed by atoms with Crippen molar-refractivity contribution < 1.29 is 9.63 Å². The van der Waals surface area contributed by atoms with E-state index in [2.05, 4.69) is 21.4 Å². The molecule has 19 heavy (non-hydrogen) atoms. The molecule has 0 aliphatic heterocycles. The number of halogens is 1. The van der Waals surface area contributed by atoms with Crippen molar-refractivity contribution in [2.24, 2.45) is 0 Å². The van der Waals surface area contributed by atoms with Gasteiger partial charge in [-0.2, -0.15) is 0 Å². The van der Waals surface area contributed by atoms with Gasteiger partial charge in [-0.05, 0) is 31.2 Å². The second-order valence-electron chi connectivity index (χ2n) is 4.10. The zero-order valence-electron chi connectivity index (χ0n) is 10.5. The molecule has 2 rings (SSSR count). The van der Waals surface area contributed by atoms with E-state index < -0.39 is 6.10 Å². The normalized spacial score (nSPS) is 11.9. The highest BCUT2D eigenvalue weighted by Gasteiger charge is 2.15. The van der Waals surface area contributed by atoms with Crippen molar-refractivity contribution in [2.75, 3.05) is 5.48 Å². The van der Waals surface area contributed by atoms with Crippen molar-refractivity contribution in [3.63, 3.8) is 0 Å². The molecule has 3 nitrogen and oxygen atoms in total. The maximum absolute atomic E-state index is 12.0. The number of anilines is 1. The number of hydrogen-bond acceptors (Lipinski definition) is 3. The van der Waals surface area contributed by atoms with Gasteiger partial charge in [0.2, 0.25) is 0 Å². The quantitative estimate of drug-likeness (QED) is 0.667. The van der Waals surface area contributed by atoms with Crippen LogP contribution in [-0.2, 0) is 4.84 Å². The number of hydrogen-bond donors (Lipinski definition) is 1. The summed E-state index contributed by atoms with van der Waals surface area (Å²) in [5, 5.41) is 0. The molecule has 0 aliphatic rings. The van der Waals surface area contributed by atoms with Crippen molar-refractivity contribution in [2.45, 2.75) is 13.0 Å². The van der Waals surface area contributed by atoms with Crippen LogP contribution in [0.15, 0.2) is 59.1 Å². The molecule has 0 unspecified atom stereocenters. The number of nitrogens with one attached hydrogen (secondary N) is 1. The fourth-order valence-corrected chi connectivity index (χ4v) is 1.83. The van der Waals surface area contributed by atoms with E-state index in [1.54, 1.807) is 19.1 Å². The first kappa shape index (κ1) is 13.8. The van der Waals surface area contributed by atoms with Gasteiger partial charge < -0.3 is 0 Å². The molecule has 98 valence electrons. The molecule has 0 amide bonds. The van der Waals surface area contributed by atoms with E-state index >= 15 is 0 Å². The van der Waals surface area contributed by atoms with Gasteiger partial charge in [-0.25, -0.2) is 0 Å². The van der Waals surface area contributed by atoms with E-state index in [1.807, 2.05) is 42.5 Å². The number of carbonyl (C=O) groups excluding carboxylic acids is 1. The molecule has 2 aromatic rings. The maximum atomic E-state index is 12.0. The lowest BCUT2D eigenvalue weighted by atomic mass is 10.1. The van der Waals surface area contributed by atoms with Crippen LogP contribution >= 0.6 is 15.9 Å². The second kappa shape index (κ2) is 6.50. The maximum Gasteiger partial charge on any atom is 0.193 e. The van der Waals surface area contributed by atoms with Crippen molar-refractivity contribution in [1.82, 2.24) is 0 Å². The molecule has 0 fully saturated rings. The summed E-state index contributed by atoms with van der Waals surface area (Å²) in [6, 6.07) is 16.6. The molecule has 0 heterocycles. The molecule has 0 saturated carbocycles. The summed E-state index contributed by atoms with van der Waals surface area (Å²) in [6.45, 7) is 1.72. The van der Waals surface area contributed by atoms with Gasteiger partial charge in [-0.1, -0.05) is 46.3 Å². The summed E-state index contributed by atoms with van der Waals surface area (Å²) in [6.07, 6.45) is -0.550. The molecular weight excluding hydrogens is 306 g/mol. The van der Waals surface area contributed by atoms with Crippen LogP contribution in [0.25, 0.3) is 0 Å². The monoisotopic (exact) mass is 319 g/mol. The Morgan fingerprint density at radius 1 is 1.11 bits per heavy atom. The van der Waals surface area contributed by atoms with Crippen molar-refractivity contribution in [3.05, 3.63) is 64.6 Å². The minimum Gasteiger partial charge on any atom is -0.291 e. The van der Waals surface area contributed by atoms with Gasteiger partial charge in [-0.3, -0.25) is 15.1 Å². The number of Topliss-reactive ketones (excluding diaryl/α,β-unsaturated/α-hetero) is 1. The van der Waals surface area contributed by atoms with Gasteiger partial charge in [0.15, 0.2) is 5.78 Å². The molecule has 0 saturated heterocycles. The largest absolute Gasteiger partial charge is 0.291 e. The standard InChI is InChI=1S/C15H14BrNO2/c1-11(15(18)12-5-3-2-4-6-12)19-17-14-9-7-13(16)8-10-14/h2-11,17H,1H3/t11-/m0/s1. The van der Waals surface area contributed by atoms with Crippen LogP contribution in [0, 0.1) is 0 Å². The van der Waals surface area contributed by atoms with E-state index in [4.69, 9.17) is 4.84 Å². The van der Waals surface area contributed by atoms with Crippen molar-refractivity contribution >= 4 is 27.4 Å². The highest BCUT2D eigenvalue weighted by Crippen LogP contribution is 2.15. The van der Waals surface area contributed by atoms with E-state index in [0.717, 1.165) is 10.2 Å². The first-order chi connectivity index (χ1) is 9.16. The Kier molecular flexibility index (Phi) is 4.71. The Balaban J connectivity index is 1.92. The first-order valence-electron chi connectivity index (χ1n) is 5.93. The minimum atomic E-state index is -0.550. The summed E-state index contributed by atoms with van der Waals surface area (Å²) < 4.78 is 0.992. The molecule has 0 radical (unpaired) electrons. The molecule has 0 aromatic heterocycles. The van der Waals surface area contributed by atoms with E-state index in [9.17, 15) is 4.79 Å². The molecule has 1 N–H and O–H groups in total. The predicted molar refractivity (Wildman–Crippen MR) is 79.1 cm³/mol. The summed E-state index contributed by atoms with van der Waals surface area (Å²) in [5.41, 5.74) is 4.23. The smallest absolute Gasteiger partial charge is 0.193 e. The second-order valence-corrected chi connectivity index (χ2v) is 5.01. The highest BCUT2D eigenvalue weighted by atomic mass is 79.9. The van der Waals surface area contributed by atoms with Gasteiger partial charge in [0.25, 0.3) is 0 Å². The first-order valence-corrected chi connectivity index (χ1v) is 6.72. The van der Waals surface area contributed by atoms with Crippen LogP contribution in [0.1, 0.15) is 17.3 Å². The minimum absolute atomic E-state index is 0.0507. The van der Waals surface area contributed by atoms with Gasteiger partial charge >= 0.3 is 0 Å². The van der Waals surface area contributed by atoms with Crippen LogP contribution in [-0.4, -0.2) is 11.9 Å². The molecule has 0 spiro atoms. The summed E-state index contributed by atoms with van der Waals surface area (Å²) in [7, 11) is 0. The fourth-order valence-electron chi connectivity index (χ4n) is 1.57. The molecule has 4 heteroatoms. The van der Waals surface area contributed by atoms with Crippen LogP contribution in [0.2, 0.25) is 0 Å². The number of benzene rings is 2. The van der Waals surface area contributed by atoms with E-state index in [-0.39, 0.29) is 5.78 Å². The van der Waals surface area contributed by atoms with Gasteiger partial charge in [-0.15, -0.1) is 0 Å². The summed E-state index contributed by atoms with van der Waals surface area (Å²) >= 11 is 3.36. The Hall–Kier alpha value is -1.65. The number of ketones is 1. The molecule has 0 aliphatic carbocycles. The zero-order chi connectivity index (χ0) is 13.7. The average molecular weight is 320 g/mol. The number of carbonyl (C=O) groups is 1. The SMILES string of the molecule is C[C@H](ONc1ccc(Br)cc1)C(=O)c1ccccc1. The Morgan fingerprint density at radius 3 is 2.37 bits per heavy atom. The lowest BCUT2D eigenvalue weighted by molar-refractivity contribution is 0.0648. The fraction of sp³-hybridized carbons (Fsp3) is 0.133. The van der Waals surface area contributed by atoms with E-state index in [0.29, 0.717) is 5.56 Å². The Labute approximate surface area is 120 Å². The third-order valence-electron chi connectivity index (χ3n) is 2.63. The van der Waals surface area contributed by atoms with Gasteiger partial charge in [0, 0.05) is 10.0 Å². The lowest BCUT2D eigenvalue weighted by Gasteiger charge is -2.13. The van der Waals surface area contributed by atoms with E-state index in [1.165, 1.54) is 0 Å².